The minimum absolute atomic E-state index is 0.688. The Kier molecular flexibility index (Phi) is 6.49. The molecule has 2 rings (SSSR count). The topological polar surface area (TPSA) is 24.5 Å². The van der Waals surface area contributed by atoms with Gasteiger partial charge in [-0.1, -0.05) is 13.8 Å². The van der Waals surface area contributed by atoms with Gasteiger partial charge in [0.25, 0.3) is 0 Å². The fourth-order valence-electron chi connectivity index (χ4n) is 2.59. The molecule has 1 N–H and O–H groups in total. The van der Waals surface area contributed by atoms with E-state index >= 15 is 0 Å². The van der Waals surface area contributed by atoms with Crippen LogP contribution in [-0.4, -0.2) is 37.7 Å². The lowest BCUT2D eigenvalue weighted by Gasteiger charge is -2.30. The van der Waals surface area contributed by atoms with Crippen molar-refractivity contribution >= 4 is 11.3 Å². The normalized spacial score (nSPS) is 17.2. The van der Waals surface area contributed by atoms with Gasteiger partial charge < -0.3 is 10.1 Å². The van der Waals surface area contributed by atoms with E-state index in [1.165, 1.54) is 22.6 Å². The van der Waals surface area contributed by atoms with Gasteiger partial charge in [-0.2, -0.15) is 0 Å². The molecule has 1 saturated heterocycles. The van der Waals surface area contributed by atoms with Gasteiger partial charge in [-0.3, -0.25) is 4.90 Å². The average Bonchev–Trinajstić information content (AvgIpc) is 2.87. The Hall–Kier alpha value is -0.420. The van der Waals surface area contributed by atoms with Crippen molar-refractivity contribution < 1.29 is 4.74 Å². The molecule has 0 aromatic carbocycles. The number of ether oxygens (including phenoxy) is 1. The Morgan fingerprint density at radius 1 is 1.30 bits per heavy atom. The van der Waals surface area contributed by atoms with E-state index in [0.29, 0.717) is 12.0 Å². The average molecular weight is 296 g/mol. The van der Waals surface area contributed by atoms with Gasteiger partial charge in [0.15, 0.2) is 0 Å². The highest BCUT2D eigenvalue weighted by Gasteiger charge is 2.18. The molecule has 1 aliphatic heterocycles. The minimum atomic E-state index is 0.688. The van der Waals surface area contributed by atoms with E-state index in [2.05, 4.69) is 43.2 Å². The summed E-state index contributed by atoms with van der Waals surface area (Å²) in [6, 6.07) is 5.24. The summed E-state index contributed by atoms with van der Waals surface area (Å²) in [5.74, 6) is 0.717. The molecule has 1 fully saturated rings. The van der Waals surface area contributed by atoms with E-state index in [0.717, 1.165) is 32.8 Å². The van der Waals surface area contributed by atoms with Gasteiger partial charge in [-0.15, -0.1) is 11.3 Å². The number of hydrogen-bond acceptors (Lipinski definition) is 4. The summed E-state index contributed by atoms with van der Waals surface area (Å²) < 4.78 is 5.44. The Labute approximate surface area is 127 Å². The van der Waals surface area contributed by atoms with Crippen molar-refractivity contribution in [3.63, 3.8) is 0 Å². The van der Waals surface area contributed by atoms with Crippen LogP contribution in [0.1, 0.15) is 36.4 Å². The number of rotatable bonds is 7. The number of hydrogen-bond donors (Lipinski definition) is 1. The molecule has 2 heterocycles. The van der Waals surface area contributed by atoms with Crippen molar-refractivity contribution in [2.45, 2.75) is 45.8 Å². The molecule has 4 heteroatoms. The van der Waals surface area contributed by atoms with Crippen molar-refractivity contribution in [3.8, 4) is 0 Å². The van der Waals surface area contributed by atoms with Gasteiger partial charge in [0.2, 0.25) is 0 Å². The van der Waals surface area contributed by atoms with Crippen LogP contribution in [0.5, 0.6) is 0 Å². The Morgan fingerprint density at radius 2 is 2.00 bits per heavy atom. The standard InChI is InChI=1S/C16H28N2OS/c1-13(2)10-17-11-15-4-5-16(20-15)12-18(3)14-6-8-19-9-7-14/h4-5,13-14,17H,6-12H2,1-3H3. The van der Waals surface area contributed by atoms with E-state index in [1.807, 2.05) is 11.3 Å². The first-order valence-electron chi connectivity index (χ1n) is 7.71. The summed E-state index contributed by atoms with van der Waals surface area (Å²) in [7, 11) is 2.24. The Balaban J connectivity index is 1.76. The molecule has 3 nitrogen and oxygen atoms in total. The highest BCUT2D eigenvalue weighted by molar-refractivity contribution is 7.11. The van der Waals surface area contributed by atoms with Crippen molar-refractivity contribution in [1.82, 2.24) is 10.2 Å². The summed E-state index contributed by atoms with van der Waals surface area (Å²) in [5.41, 5.74) is 0. The largest absolute Gasteiger partial charge is 0.381 e. The SMILES string of the molecule is CC(C)CNCc1ccc(CN(C)C2CCOCC2)s1. The molecule has 0 radical (unpaired) electrons. The fraction of sp³-hybridized carbons (Fsp3) is 0.750. The third kappa shape index (κ3) is 5.17. The zero-order chi connectivity index (χ0) is 14.4. The molecule has 0 unspecified atom stereocenters. The highest BCUT2D eigenvalue weighted by atomic mass is 32.1. The first-order valence-corrected chi connectivity index (χ1v) is 8.53. The quantitative estimate of drug-likeness (QED) is 0.837. The van der Waals surface area contributed by atoms with E-state index in [1.54, 1.807) is 0 Å². The molecule has 20 heavy (non-hydrogen) atoms. The van der Waals surface area contributed by atoms with E-state index < -0.39 is 0 Å². The molecule has 0 saturated carbocycles. The molecule has 0 bridgehead atoms. The lowest BCUT2D eigenvalue weighted by Crippen LogP contribution is -2.35. The molecule has 1 aromatic heterocycles. The van der Waals surface area contributed by atoms with Crippen LogP contribution in [0.2, 0.25) is 0 Å². The maximum absolute atomic E-state index is 5.44. The summed E-state index contributed by atoms with van der Waals surface area (Å²) >= 11 is 1.94. The second kappa shape index (κ2) is 8.13. The third-order valence-electron chi connectivity index (χ3n) is 3.79. The first kappa shape index (κ1) is 16.0. The Bertz CT molecular complexity index is 386. The summed E-state index contributed by atoms with van der Waals surface area (Å²) in [6.45, 7) is 9.50. The van der Waals surface area contributed by atoms with Crippen molar-refractivity contribution in [3.05, 3.63) is 21.9 Å². The van der Waals surface area contributed by atoms with Crippen molar-refractivity contribution in [2.24, 2.45) is 5.92 Å². The summed E-state index contributed by atoms with van der Waals surface area (Å²) in [4.78, 5) is 5.40. The highest BCUT2D eigenvalue weighted by Crippen LogP contribution is 2.21. The first-order chi connectivity index (χ1) is 9.65. The van der Waals surface area contributed by atoms with E-state index in [9.17, 15) is 0 Å². The van der Waals surface area contributed by atoms with Crippen LogP contribution in [-0.2, 0) is 17.8 Å². The van der Waals surface area contributed by atoms with Gasteiger partial charge >= 0.3 is 0 Å². The van der Waals surface area contributed by atoms with Gasteiger partial charge in [-0.05, 0) is 44.5 Å². The smallest absolute Gasteiger partial charge is 0.0480 e. The van der Waals surface area contributed by atoms with Crippen LogP contribution in [0.3, 0.4) is 0 Å². The second-order valence-corrected chi connectivity index (χ2v) is 7.40. The molecular weight excluding hydrogens is 268 g/mol. The predicted molar refractivity (Wildman–Crippen MR) is 86.2 cm³/mol. The molecule has 0 atom stereocenters. The lowest BCUT2D eigenvalue weighted by atomic mass is 10.1. The zero-order valence-electron chi connectivity index (χ0n) is 13.0. The molecule has 0 spiro atoms. The predicted octanol–water partition coefficient (Wildman–Crippen LogP) is 3.10. The number of nitrogens with zero attached hydrogens (tertiary/aromatic N) is 1. The second-order valence-electron chi connectivity index (χ2n) is 6.15. The van der Waals surface area contributed by atoms with Crippen LogP contribution in [0.4, 0.5) is 0 Å². The monoisotopic (exact) mass is 296 g/mol. The molecule has 114 valence electrons. The third-order valence-corrected chi connectivity index (χ3v) is 4.86. The zero-order valence-corrected chi connectivity index (χ0v) is 13.8. The van der Waals surface area contributed by atoms with Crippen molar-refractivity contribution in [2.75, 3.05) is 26.8 Å². The lowest BCUT2D eigenvalue weighted by molar-refractivity contribution is 0.0410. The number of nitrogens with one attached hydrogen (secondary N) is 1. The number of thiophene rings is 1. The van der Waals surface area contributed by atoms with Gasteiger partial charge in [0.05, 0.1) is 0 Å². The Morgan fingerprint density at radius 3 is 2.70 bits per heavy atom. The maximum Gasteiger partial charge on any atom is 0.0480 e. The van der Waals surface area contributed by atoms with Gasteiger partial charge in [-0.25, -0.2) is 0 Å². The van der Waals surface area contributed by atoms with Gasteiger partial charge in [0.1, 0.15) is 0 Å². The van der Waals surface area contributed by atoms with E-state index in [-0.39, 0.29) is 0 Å². The molecule has 0 amide bonds. The summed E-state index contributed by atoms with van der Waals surface area (Å²) in [5, 5.41) is 3.51. The minimum Gasteiger partial charge on any atom is -0.381 e. The van der Waals surface area contributed by atoms with Crippen LogP contribution in [0, 0.1) is 5.92 Å². The van der Waals surface area contributed by atoms with E-state index in [4.69, 9.17) is 4.74 Å². The fourth-order valence-corrected chi connectivity index (χ4v) is 3.64. The van der Waals surface area contributed by atoms with Crippen molar-refractivity contribution in [1.29, 1.82) is 0 Å². The van der Waals surface area contributed by atoms with Gasteiger partial charge in [0, 0.05) is 42.1 Å². The van der Waals surface area contributed by atoms with Crippen LogP contribution in [0.25, 0.3) is 0 Å². The van der Waals surface area contributed by atoms with Crippen LogP contribution >= 0.6 is 11.3 Å². The molecule has 1 aliphatic rings. The molecule has 0 aliphatic carbocycles. The molecule has 1 aromatic rings. The molecular formula is C16H28N2OS. The van der Waals surface area contributed by atoms with Crippen LogP contribution in [0.15, 0.2) is 12.1 Å². The maximum atomic E-state index is 5.44. The van der Waals surface area contributed by atoms with Crippen LogP contribution < -0.4 is 5.32 Å². The summed E-state index contributed by atoms with van der Waals surface area (Å²) in [6.07, 6.45) is 2.34.